The minimum absolute atomic E-state index is 0.273. The van der Waals surface area contributed by atoms with Crippen molar-refractivity contribution in [3.8, 4) is 11.6 Å². The van der Waals surface area contributed by atoms with Crippen molar-refractivity contribution in [2.45, 2.75) is 0 Å². The molecule has 6 heteroatoms. The first-order chi connectivity index (χ1) is 8.28. The number of nitrogens with one attached hydrogen (secondary N) is 1. The van der Waals surface area contributed by atoms with Gasteiger partial charge in [-0.25, -0.2) is 9.97 Å². The average molecular weight is 233 g/mol. The predicted octanol–water partition coefficient (Wildman–Crippen LogP) is 1.22. The van der Waals surface area contributed by atoms with Crippen LogP contribution >= 0.6 is 0 Å². The van der Waals surface area contributed by atoms with Crippen molar-refractivity contribution < 1.29 is 14.3 Å². The van der Waals surface area contributed by atoms with E-state index in [4.69, 9.17) is 9.47 Å². The van der Waals surface area contributed by atoms with Crippen molar-refractivity contribution in [1.82, 2.24) is 9.97 Å². The zero-order chi connectivity index (χ0) is 12.3. The number of benzene rings is 1. The van der Waals surface area contributed by atoms with E-state index in [1.165, 1.54) is 7.11 Å². The lowest BCUT2D eigenvalue weighted by Gasteiger charge is -2.07. The molecule has 0 atom stereocenters. The molecule has 2 aromatic rings. The third-order valence-corrected chi connectivity index (χ3v) is 2.23. The van der Waals surface area contributed by atoms with Crippen molar-refractivity contribution >= 4 is 23.3 Å². The van der Waals surface area contributed by atoms with Crippen molar-refractivity contribution in [2.24, 2.45) is 0 Å². The number of carbonyl (C=O) groups excluding carboxylic acids is 1. The monoisotopic (exact) mass is 233 g/mol. The number of carbonyl (C=O) groups is 1. The second-order valence-electron chi connectivity index (χ2n) is 3.20. The fraction of sp³-hybridized carbons (Fsp3) is 0.182. The molecule has 88 valence electrons. The zero-order valence-electron chi connectivity index (χ0n) is 9.43. The van der Waals surface area contributed by atoms with Crippen LogP contribution in [0.3, 0.4) is 0 Å². The first-order valence-electron chi connectivity index (χ1n) is 4.88. The number of hydrogen-bond donors (Lipinski definition) is 1. The molecule has 0 radical (unpaired) electrons. The fourth-order valence-corrected chi connectivity index (χ4v) is 1.44. The van der Waals surface area contributed by atoms with Gasteiger partial charge in [-0.15, -0.1) is 0 Å². The van der Waals surface area contributed by atoms with Gasteiger partial charge in [0.05, 0.1) is 25.3 Å². The summed E-state index contributed by atoms with van der Waals surface area (Å²) in [5.74, 6) is 1.23. The molecule has 0 spiro atoms. The molecule has 0 saturated heterocycles. The van der Waals surface area contributed by atoms with Crippen LogP contribution in [0.2, 0.25) is 0 Å². The van der Waals surface area contributed by atoms with Crippen molar-refractivity contribution in [2.75, 3.05) is 19.5 Å². The molecule has 1 aromatic heterocycles. The van der Waals surface area contributed by atoms with Crippen LogP contribution in [0, 0.1) is 0 Å². The lowest BCUT2D eigenvalue weighted by atomic mass is 10.3. The summed E-state index contributed by atoms with van der Waals surface area (Å²) in [5, 5.41) is 2.44. The van der Waals surface area contributed by atoms with Gasteiger partial charge in [-0.05, 0) is 12.1 Å². The second-order valence-corrected chi connectivity index (χ2v) is 3.20. The highest BCUT2D eigenvalue weighted by molar-refractivity contribution is 5.81. The third kappa shape index (κ3) is 2.10. The Labute approximate surface area is 97.6 Å². The van der Waals surface area contributed by atoms with Crippen LogP contribution in [0.5, 0.6) is 11.6 Å². The van der Waals surface area contributed by atoms with Crippen LogP contribution in [-0.2, 0) is 4.79 Å². The van der Waals surface area contributed by atoms with Gasteiger partial charge in [-0.3, -0.25) is 4.79 Å². The third-order valence-electron chi connectivity index (χ3n) is 2.23. The quantitative estimate of drug-likeness (QED) is 0.803. The number of ether oxygens (including phenoxy) is 2. The van der Waals surface area contributed by atoms with Crippen LogP contribution < -0.4 is 14.8 Å². The Bertz CT molecular complexity index is 557. The van der Waals surface area contributed by atoms with Gasteiger partial charge in [0.2, 0.25) is 6.41 Å². The number of nitrogens with zero attached hydrogens (tertiary/aromatic N) is 2. The highest BCUT2D eigenvalue weighted by Gasteiger charge is 2.09. The summed E-state index contributed by atoms with van der Waals surface area (Å²) < 4.78 is 10.1. The molecule has 6 nitrogen and oxygen atoms in total. The Kier molecular flexibility index (Phi) is 3.04. The summed E-state index contributed by atoms with van der Waals surface area (Å²) in [6.45, 7) is 0. The van der Waals surface area contributed by atoms with E-state index in [1.807, 2.05) is 0 Å². The molecule has 1 N–H and O–H groups in total. The smallest absolute Gasteiger partial charge is 0.258 e. The Morgan fingerprint density at radius 1 is 1.18 bits per heavy atom. The molecule has 0 fully saturated rings. The van der Waals surface area contributed by atoms with Crippen molar-refractivity contribution in [1.29, 1.82) is 0 Å². The number of hydrogen-bond acceptors (Lipinski definition) is 5. The number of anilines is 1. The minimum Gasteiger partial charge on any atom is -0.497 e. The normalized spacial score (nSPS) is 10.0. The first kappa shape index (κ1) is 11.1. The summed E-state index contributed by atoms with van der Waals surface area (Å²) in [4.78, 5) is 18.9. The molecule has 1 amide bonds. The molecule has 0 aliphatic carbocycles. The van der Waals surface area contributed by atoms with Gasteiger partial charge in [0.15, 0.2) is 5.82 Å². The Balaban J connectivity index is 2.60. The van der Waals surface area contributed by atoms with Gasteiger partial charge in [-0.1, -0.05) is 0 Å². The van der Waals surface area contributed by atoms with E-state index in [0.717, 1.165) is 0 Å². The summed E-state index contributed by atoms with van der Waals surface area (Å²) in [6.07, 6.45) is 0.526. The molecule has 0 aliphatic heterocycles. The molecule has 0 unspecified atom stereocenters. The highest BCUT2D eigenvalue weighted by Crippen LogP contribution is 2.25. The van der Waals surface area contributed by atoms with Crippen molar-refractivity contribution in [3.63, 3.8) is 0 Å². The molecular formula is C11H11N3O3. The van der Waals surface area contributed by atoms with E-state index in [0.29, 0.717) is 23.2 Å². The number of aromatic nitrogens is 2. The highest BCUT2D eigenvalue weighted by atomic mass is 16.5. The van der Waals surface area contributed by atoms with Crippen LogP contribution in [0.25, 0.3) is 11.0 Å². The summed E-state index contributed by atoms with van der Waals surface area (Å²) in [6, 6.07) is 5.29. The maximum Gasteiger partial charge on any atom is 0.258 e. The molecule has 1 heterocycles. The predicted molar refractivity (Wildman–Crippen MR) is 62.3 cm³/mol. The van der Waals surface area contributed by atoms with E-state index in [9.17, 15) is 4.79 Å². The largest absolute Gasteiger partial charge is 0.497 e. The van der Waals surface area contributed by atoms with E-state index < -0.39 is 0 Å². The van der Waals surface area contributed by atoms with Gasteiger partial charge in [0.1, 0.15) is 5.75 Å². The van der Waals surface area contributed by atoms with Crippen LogP contribution in [0.1, 0.15) is 0 Å². The fourth-order valence-electron chi connectivity index (χ4n) is 1.44. The Hall–Kier alpha value is -2.37. The number of amides is 1. The molecule has 0 bridgehead atoms. The standard InChI is InChI=1S/C11H11N3O3/c1-16-7-3-4-8-9(5-7)13-10(12-6-15)11(14-8)17-2/h3-6H,1-2H3,(H,12,13,15). The lowest BCUT2D eigenvalue weighted by molar-refractivity contribution is -0.105. The number of methoxy groups -OCH3 is 2. The molecule has 0 aliphatic rings. The van der Waals surface area contributed by atoms with E-state index in [2.05, 4.69) is 15.3 Å². The van der Waals surface area contributed by atoms with E-state index >= 15 is 0 Å². The second kappa shape index (κ2) is 4.65. The van der Waals surface area contributed by atoms with Gasteiger partial charge >= 0.3 is 0 Å². The first-order valence-corrected chi connectivity index (χ1v) is 4.88. The molecule has 0 saturated carbocycles. The van der Waals surface area contributed by atoms with Crippen LogP contribution in [-0.4, -0.2) is 30.6 Å². The summed E-state index contributed by atoms with van der Waals surface area (Å²) in [7, 11) is 3.04. The Morgan fingerprint density at radius 2 is 2.00 bits per heavy atom. The topological polar surface area (TPSA) is 73.3 Å². The van der Waals surface area contributed by atoms with E-state index in [1.54, 1.807) is 25.3 Å². The molecule has 2 rings (SSSR count). The van der Waals surface area contributed by atoms with Crippen LogP contribution in [0.4, 0.5) is 5.82 Å². The maximum atomic E-state index is 10.4. The molecule has 17 heavy (non-hydrogen) atoms. The lowest BCUT2D eigenvalue weighted by Crippen LogP contribution is -2.02. The van der Waals surface area contributed by atoms with Gasteiger partial charge in [0, 0.05) is 6.07 Å². The van der Waals surface area contributed by atoms with Gasteiger partial charge < -0.3 is 14.8 Å². The molecular weight excluding hydrogens is 222 g/mol. The maximum absolute atomic E-state index is 10.4. The van der Waals surface area contributed by atoms with Gasteiger partial charge in [0.25, 0.3) is 5.88 Å². The van der Waals surface area contributed by atoms with Crippen LogP contribution in [0.15, 0.2) is 18.2 Å². The summed E-state index contributed by atoms with van der Waals surface area (Å²) in [5.41, 5.74) is 1.29. The minimum atomic E-state index is 0.273. The average Bonchev–Trinajstić information content (AvgIpc) is 2.37. The van der Waals surface area contributed by atoms with Crippen molar-refractivity contribution in [3.05, 3.63) is 18.2 Å². The Morgan fingerprint density at radius 3 is 2.65 bits per heavy atom. The SMILES string of the molecule is COc1ccc2nc(OC)c(NC=O)nc2c1. The van der Waals surface area contributed by atoms with E-state index in [-0.39, 0.29) is 11.7 Å². The number of rotatable bonds is 4. The molecule has 1 aromatic carbocycles. The van der Waals surface area contributed by atoms with Gasteiger partial charge in [-0.2, -0.15) is 0 Å². The number of fused-ring (bicyclic) bond motifs is 1. The summed E-state index contributed by atoms with van der Waals surface area (Å²) >= 11 is 0. The zero-order valence-corrected chi connectivity index (χ0v) is 9.43.